The fourth-order valence-electron chi connectivity index (χ4n) is 2.50. The molecule has 0 saturated heterocycles. The van der Waals surface area contributed by atoms with Crippen molar-refractivity contribution in [1.29, 1.82) is 0 Å². The molecule has 0 aliphatic heterocycles. The van der Waals surface area contributed by atoms with Crippen LogP contribution in [0.15, 0.2) is 47.1 Å². The second-order valence-electron chi connectivity index (χ2n) is 5.54. The summed E-state index contributed by atoms with van der Waals surface area (Å²) in [7, 11) is 0. The Hall–Kier alpha value is -3.42. The summed E-state index contributed by atoms with van der Waals surface area (Å²) < 4.78 is 20.5. The summed E-state index contributed by atoms with van der Waals surface area (Å²) in [5, 5.41) is 7.44. The minimum absolute atomic E-state index is 0.274. The minimum Gasteiger partial charge on any atom is -0.461 e. The molecule has 0 aliphatic carbocycles. The van der Waals surface area contributed by atoms with E-state index in [0.717, 1.165) is 0 Å². The summed E-state index contributed by atoms with van der Waals surface area (Å²) in [5.41, 5.74) is 7.41. The van der Waals surface area contributed by atoms with Crippen molar-refractivity contribution in [3.63, 3.8) is 0 Å². The van der Waals surface area contributed by atoms with E-state index in [1.165, 1.54) is 10.6 Å². The van der Waals surface area contributed by atoms with Crippen molar-refractivity contribution < 1.29 is 8.81 Å². The van der Waals surface area contributed by atoms with Crippen LogP contribution in [0.3, 0.4) is 0 Å². The molecule has 25 heavy (non-hydrogen) atoms. The van der Waals surface area contributed by atoms with Gasteiger partial charge in [0.15, 0.2) is 5.76 Å². The van der Waals surface area contributed by atoms with E-state index in [9.17, 15) is 4.39 Å². The van der Waals surface area contributed by atoms with Gasteiger partial charge in [0.25, 0.3) is 5.78 Å². The van der Waals surface area contributed by atoms with Gasteiger partial charge in [-0.15, -0.1) is 5.10 Å². The molecule has 4 rings (SSSR count). The van der Waals surface area contributed by atoms with Crippen LogP contribution in [0.25, 0.3) is 17.4 Å². The highest BCUT2D eigenvalue weighted by atomic mass is 19.1. The van der Waals surface area contributed by atoms with Gasteiger partial charge in [0.2, 0.25) is 5.82 Å². The Bertz CT molecular complexity index is 1040. The largest absolute Gasteiger partial charge is 0.461 e. The molecule has 4 aromatic rings. The van der Waals surface area contributed by atoms with Crippen LogP contribution in [-0.2, 0) is 6.54 Å². The van der Waals surface area contributed by atoms with Crippen molar-refractivity contribution in [3.05, 3.63) is 59.6 Å². The number of anilines is 2. The van der Waals surface area contributed by atoms with Gasteiger partial charge in [-0.05, 0) is 25.1 Å². The van der Waals surface area contributed by atoms with Gasteiger partial charge in [0, 0.05) is 17.7 Å². The van der Waals surface area contributed by atoms with Crippen LogP contribution in [0.5, 0.6) is 0 Å². The van der Waals surface area contributed by atoms with Gasteiger partial charge >= 0.3 is 0 Å². The Morgan fingerprint density at radius 1 is 1.20 bits per heavy atom. The lowest BCUT2D eigenvalue weighted by atomic mass is 10.2. The molecule has 0 saturated carbocycles. The number of hydrogen-bond donors (Lipinski definition) is 2. The molecule has 0 radical (unpaired) electrons. The minimum atomic E-state index is -0.274. The quantitative estimate of drug-likeness (QED) is 0.594. The van der Waals surface area contributed by atoms with Crippen molar-refractivity contribution in [3.8, 4) is 11.6 Å². The van der Waals surface area contributed by atoms with E-state index in [1.54, 1.807) is 36.6 Å². The van der Waals surface area contributed by atoms with Crippen LogP contribution in [-0.4, -0.2) is 19.6 Å². The lowest BCUT2D eigenvalue weighted by Crippen LogP contribution is -2.10. The Balaban J connectivity index is 1.70. The zero-order valence-corrected chi connectivity index (χ0v) is 13.4. The number of benzene rings is 1. The first-order valence-corrected chi connectivity index (χ1v) is 7.67. The molecule has 1 aromatic carbocycles. The number of aromatic nitrogens is 4. The molecule has 8 heteroatoms. The molecule has 0 amide bonds. The van der Waals surface area contributed by atoms with Crippen LogP contribution in [0.4, 0.5) is 16.0 Å². The highest BCUT2D eigenvalue weighted by Crippen LogP contribution is 2.23. The average Bonchev–Trinajstić information content (AvgIpc) is 3.27. The predicted octanol–water partition coefficient (Wildman–Crippen LogP) is 3.03. The number of hydrogen-bond acceptors (Lipinski definition) is 6. The molecule has 0 aliphatic rings. The standard InChI is InChI=1S/C17H15FN6O/c1-10-14(19)24-17(22-16(23-24)13-7-4-8-25-13)21-15(10)20-9-11-5-2-3-6-12(11)18/h2-8H,9,19H2,1H3,(H,20,21,22,23). The van der Waals surface area contributed by atoms with E-state index in [4.69, 9.17) is 10.2 Å². The fraction of sp³-hybridized carbons (Fsp3) is 0.118. The Morgan fingerprint density at radius 2 is 2.04 bits per heavy atom. The van der Waals surface area contributed by atoms with Gasteiger partial charge in [0.05, 0.1) is 6.26 Å². The lowest BCUT2D eigenvalue weighted by Gasteiger charge is -2.11. The van der Waals surface area contributed by atoms with E-state index in [-0.39, 0.29) is 12.4 Å². The topological polar surface area (TPSA) is 94.3 Å². The molecule has 3 aromatic heterocycles. The summed E-state index contributed by atoms with van der Waals surface area (Å²) in [6.45, 7) is 2.11. The molecular formula is C17H15FN6O. The van der Waals surface area contributed by atoms with Crippen LogP contribution < -0.4 is 11.1 Å². The maximum Gasteiger partial charge on any atom is 0.256 e. The number of nitrogens with one attached hydrogen (secondary N) is 1. The number of rotatable bonds is 4. The first kappa shape index (κ1) is 15.1. The van der Waals surface area contributed by atoms with Crippen LogP contribution >= 0.6 is 0 Å². The highest BCUT2D eigenvalue weighted by Gasteiger charge is 2.16. The number of fused-ring (bicyclic) bond motifs is 1. The first-order valence-electron chi connectivity index (χ1n) is 7.67. The predicted molar refractivity (Wildman–Crippen MR) is 91.4 cm³/mol. The van der Waals surface area contributed by atoms with E-state index in [1.807, 2.05) is 6.92 Å². The lowest BCUT2D eigenvalue weighted by molar-refractivity contribution is 0.577. The van der Waals surface area contributed by atoms with Crippen LogP contribution in [0.2, 0.25) is 0 Å². The maximum absolute atomic E-state index is 13.8. The van der Waals surface area contributed by atoms with Gasteiger partial charge in [-0.3, -0.25) is 0 Å². The van der Waals surface area contributed by atoms with E-state index < -0.39 is 0 Å². The SMILES string of the molecule is Cc1c(NCc2ccccc2F)nc2nc(-c3ccco3)nn2c1N. The van der Waals surface area contributed by atoms with Gasteiger partial charge in [-0.2, -0.15) is 14.5 Å². The molecule has 3 heterocycles. The Morgan fingerprint density at radius 3 is 2.80 bits per heavy atom. The second-order valence-corrected chi connectivity index (χ2v) is 5.54. The number of furan rings is 1. The number of halogens is 1. The molecule has 0 bridgehead atoms. The van der Waals surface area contributed by atoms with Gasteiger partial charge in [-0.1, -0.05) is 18.2 Å². The number of nitrogens with two attached hydrogens (primary N) is 1. The molecule has 0 spiro atoms. The summed E-state index contributed by atoms with van der Waals surface area (Å²) >= 11 is 0. The molecule has 0 atom stereocenters. The van der Waals surface area contributed by atoms with Gasteiger partial charge < -0.3 is 15.5 Å². The zero-order valence-electron chi connectivity index (χ0n) is 13.4. The van der Waals surface area contributed by atoms with Crippen molar-refractivity contribution in [2.45, 2.75) is 13.5 Å². The van der Waals surface area contributed by atoms with Gasteiger partial charge in [0.1, 0.15) is 17.5 Å². The monoisotopic (exact) mass is 338 g/mol. The molecule has 0 unspecified atom stereocenters. The van der Waals surface area contributed by atoms with Crippen molar-refractivity contribution in [2.24, 2.45) is 0 Å². The van der Waals surface area contributed by atoms with Crippen LogP contribution in [0.1, 0.15) is 11.1 Å². The maximum atomic E-state index is 13.8. The third kappa shape index (κ3) is 2.67. The summed E-state index contributed by atoms with van der Waals surface area (Å²) in [6.07, 6.45) is 1.55. The summed E-state index contributed by atoms with van der Waals surface area (Å²) in [6, 6.07) is 10.1. The second kappa shape index (κ2) is 5.90. The zero-order chi connectivity index (χ0) is 17.4. The van der Waals surface area contributed by atoms with Crippen molar-refractivity contribution in [1.82, 2.24) is 19.6 Å². The highest BCUT2D eigenvalue weighted by molar-refractivity contribution is 5.62. The summed E-state index contributed by atoms with van der Waals surface area (Å²) in [4.78, 5) is 8.79. The normalized spacial score (nSPS) is 11.1. The number of nitrogen functional groups attached to an aromatic ring is 1. The van der Waals surface area contributed by atoms with E-state index in [0.29, 0.717) is 40.1 Å². The van der Waals surface area contributed by atoms with E-state index >= 15 is 0 Å². The summed E-state index contributed by atoms with van der Waals surface area (Å²) in [5.74, 6) is 1.94. The van der Waals surface area contributed by atoms with Crippen molar-refractivity contribution >= 4 is 17.4 Å². The molecule has 0 fully saturated rings. The third-order valence-corrected chi connectivity index (χ3v) is 3.92. The Labute approximate surface area is 142 Å². The van der Waals surface area contributed by atoms with Gasteiger partial charge in [-0.25, -0.2) is 4.39 Å². The molecular weight excluding hydrogens is 323 g/mol. The molecule has 7 nitrogen and oxygen atoms in total. The van der Waals surface area contributed by atoms with E-state index in [2.05, 4.69) is 20.4 Å². The average molecular weight is 338 g/mol. The smallest absolute Gasteiger partial charge is 0.256 e. The van der Waals surface area contributed by atoms with Crippen molar-refractivity contribution in [2.75, 3.05) is 11.1 Å². The molecule has 126 valence electrons. The Kier molecular flexibility index (Phi) is 3.57. The third-order valence-electron chi connectivity index (χ3n) is 3.92. The fourth-order valence-corrected chi connectivity index (χ4v) is 2.50. The molecule has 3 N–H and O–H groups in total. The van der Waals surface area contributed by atoms with Crippen LogP contribution in [0, 0.1) is 12.7 Å². The number of nitrogens with zero attached hydrogens (tertiary/aromatic N) is 4. The first-order chi connectivity index (χ1) is 12.1.